The maximum Gasteiger partial charge on any atom is 0.0655 e. The molecule has 0 aromatic heterocycles. The molecule has 2 heteroatoms. The van der Waals surface area contributed by atoms with E-state index in [1.807, 2.05) is 6.26 Å². The Morgan fingerprint density at radius 3 is 2.44 bits per heavy atom. The number of hydrogen-bond donors (Lipinski definition) is 1. The second kappa shape index (κ2) is 5.12. The van der Waals surface area contributed by atoms with Gasteiger partial charge in [0.25, 0.3) is 0 Å². The molecule has 2 unspecified atom stereocenters. The zero-order valence-electron chi connectivity index (χ0n) is 6.42. The summed E-state index contributed by atoms with van der Waals surface area (Å²) in [6.45, 7) is 4.19. The molecule has 0 aromatic carbocycles. The lowest BCUT2D eigenvalue weighted by Crippen LogP contribution is -2.19. The Kier molecular flexibility index (Phi) is 5.30. The van der Waals surface area contributed by atoms with Crippen molar-refractivity contribution in [1.82, 2.24) is 0 Å². The third kappa shape index (κ3) is 3.82. The van der Waals surface area contributed by atoms with Gasteiger partial charge >= 0.3 is 0 Å². The van der Waals surface area contributed by atoms with E-state index in [0.29, 0.717) is 5.92 Å². The molecule has 1 nitrogen and oxygen atoms in total. The number of aliphatic hydroxyl groups is 1. The van der Waals surface area contributed by atoms with Crippen LogP contribution in [0.2, 0.25) is 0 Å². The van der Waals surface area contributed by atoms with Gasteiger partial charge in [-0.15, -0.1) is 0 Å². The summed E-state index contributed by atoms with van der Waals surface area (Å²) in [6, 6.07) is 0. The highest BCUT2D eigenvalue weighted by atomic mass is 32.2. The fraction of sp³-hybridized carbons (Fsp3) is 1.00. The minimum absolute atomic E-state index is 0.106. The Bertz CT molecular complexity index is 65.9. The van der Waals surface area contributed by atoms with E-state index in [9.17, 15) is 5.11 Å². The summed E-state index contributed by atoms with van der Waals surface area (Å²) in [6.07, 6.45) is 2.98. The van der Waals surface area contributed by atoms with Gasteiger partial charge in [0.2, 0.25) is 0 Å². The molecule has 0 heterocycles. The second-order valence-corrected chi connectivity index (χ2v) is 3.32. The minimum atomic E-state index is -0.106. The molecule has 56 valence electrons. The molecule has 0 aliphatic carbocycles. The van der Waals surface area contributed by atoms with Gasteiger partial charge in [-0.1, -0.05) is 20.3 Å². The fourth-order valence-electron chi connectivity index (χ4n) is 0.607. The molecule has 9 heavy (non-hydrogen) atoms. The third-order valence-electron chi connectivity index (χ3n) is 1.64. The molecule has 0 amide bonds. The zero-order chi connectivity index (χ0) is 7.28. The van der Waals surface area contributed by atoms with E-state index in [0.717, 1.165) is 12.2 Å². The smallest absolute Gasteiger partial charge is 0.0655 e. The van der Waals surface area contributed by atoms with Crippen molar-refractivity contribution in [2.24, 2.45) is 5.92 Å². The average molecular weight is 148 g/mol. The van der Waals surface area contributed by atoms with Crippen LogP contribution in [0.5, 0.6) is 0 Å². The third-order valence-corrected chi connectivity index (χ3v) is 2.31. The molecular formula is C7H16OS. The summed E-state index contributed by atoms with van der Waals surface area (Å²) in [5.74, 6) is 1.33. The lowest BCUT2D eigenvalue weighted by atomic mass is 10.0. The van der Waals surface area contributed by atoms with Crippen LogP contribution in [0.4, 0.5) is 0 Å². The van der Waals surface area contributed by atoms with Crippen molar-refractivity contribution < 1.29 is 5.11 Å². The van der Waals surface area contributed by atoms with Crippen LogP contribution in [0, 0.1) is 5.92 Å². The zero-order valence-corrected chi connectivity index (χ0v) is 7.24. The molecule has 0 saturated heterocycles. The number of rotatable bonds is 4. The predicted octanol–water partition coefficient (Wildman–Crippen LogP) is 1.76. The summed E-state index contributed by atoms with van der Waals surface area (Å²) >= 11 is 1.70. The van der Waals surface area contributed by atoms with Crippen LogP contribution in [0.1, 0.15) is 20.3 Å². The van der Waals surface area contributed by atoms with Crippen molar-refractivity contribution in [3.05, 3.63) is 0 Å². The Hall–Kier alpha value is 0.310. The first-order valence-corrected chi connectivity index (χ1v) is 4.78. The molecule has 2 atom stereocenters. The van der Waals surface area contributed by atoms with Gasteiger partial charge in [-0.3, -0.25) is 0 Å². The van der Waals surface area contributed by atoms with Crippen molar-refractivity contribution in [2.75, 3.05) is 12.0 Å². The molecule has 0 radical (unpaired) electrons. The first-order chi connectivity index (χ1) is 4.22. The Morgan fingerprint density at radius 1 is 1.56 bits per heavy atom. The quantitative estimate of drug-likeness (QED) is 0.655. The van der Waals surface area contributed by atoms with Crippen molar-refractivity contribution in [3.63, 3.8) is 0 Å². The number of aliphatic hydroxyl groups excluding tert-OH is 1. The van der Waals surface area contributed by atoms with Crippen molar-refractivity contribution in [3.8, 4) is 0 Å². The van der Waals surface area contributed by atoms with Gasteiger partial charge in [0.1, 0.15) is 0 Å². The number of hydrogen-bond acceptors (Lipinski definition) is 2. The molecule has 0 saturated carbocycles. The number of thioether (sulfide) groups is 1. The largest absolute Gasteiger partial charge is 0.392 e. The van der Waals surface area contributed by atoms with Crippen molar-refractivity contribution >= 4 is 11.8 Å². The molecule has 0 fully saturated rings. The van der Waals surface area contributed by atoms with E-state index in [1.54, 1.807) is 11.8 Å². The predicted molar refractivity (Wildman–Crippen MR) is 43.8 cm³/mol. The SMILES string of the molecule is CCC(C)C(O)CSC. The maximum absolute atomic E-state index is 9.30. The van der Waals surface area contributed by atoms with Crippen LogP contribution in [0.15, 0.2) is 0 Å². The van der Waals surface area contributed by atoms with E-state index in [4.69, 9.17) is 0 Å². The normalized spacial score (nSPS) is 17.3. The summed E-state index contributed by atoms with van der Waals surface area (Å²) in [5.41, 5.74) is 0. The molecule has 0 aliphatic heterocycles. The van der Waals surface area contributed by atoms with Crippen LogP contribution in [0.3, 0.4) is 0 Å². The van der Waals surface area contributed by atoms with Gasteiger partial charge in [-0.2, -0.15) is 11.8 Å². The van der Waals surface area contributed by atoms with Crippen LogP contribution >= 0.6 is 11.8 Å². The minimum Gasteiger partial charge on any atom is -0.392 e. The highest BCUT2D eigenvalue weighted by Gasteiger charge is 2.09. The molecular weight excluding hydrogens is 132 g/mol. The van der Waals surface area contributed by atoms with Crippen LogP contribution < -0.4 is 0 Å². The van der Waals surface area contributed by atoms with E-state index < -0.39 is 0 Å². The van der Waals surface area contributed by atoms with Gasteiger partial charge in [0.05, 0.1) is 6.10 Å². The monoisotopic (exact) mass is 148 g/mol. The Morgan fingerprint density at radius 2 is 2.11 bits per heavy atom. The van der Waals surface area contributed by atoms with E-state index >= 15 is 0 Å². The molecule has 0 aromatic rings. The first-order valence-electron chi connectivity index (χ1n) is 3.39. The molecule has 0 spiro atoms. The van der Waals surface area contributed by atoms with E-state index in [-0.39, 0.29) is 6.10 Å². The molecule has 1 N–H and O–H groups in total. The van der Waals surface area contributed by atoms with Crippen molar-refractivity contribution in [1.29, 1.82) is 0 Å². The standard InChI is InChI=1S/C7H16OS/c1-4-6(2)7(8)5-9-3/h6-8H,4-5H2,1-3H3. The van der Waals surface area contributed by atoms with Gasteiger partial charge in [-0.25, -0.2) is 0 Å². The van der Waals surface area contributed by atoms with Crippen LogP contribution in [-0.2, 0) is 0 Å². The molecule has 0 rings (SSSR count). The highest BCUT2D eigenvalue weighted by molar-refractivity contribution is 7.98. The van der Waals surface area contributed by atoms with Crippen molar-refractivity contribution in [2.45, 2.75) is 26.4 Å². The maximum atomic E-state index is 9.30. The summed E-state index contributed by atoms with van der Waals surface area (Å²) in [4.78, 5) is 0. The molecule has 0 bridgehead atoms. The van der Waals surface area contributed by atoms with Gasteiger partial charge < -0.3 is 5.11 Å². The lowest BCUT2D eigenvalue weighted by Gasteiger charge is -2.14. The fourth-order valence-corrected chi connectivity index (χ4v) is 1.28. The van der Waals surface area contributed by atoms with E-state index in [1.165, 1.54) is 0 Å². The Balaban J connectivity index is 3.32. The van der Waals surface area contributed by atoms with Gasteiger partial charge in [0.15, 0.2) is 0 Å². The second-order valence-electron chi connectivity index (χ2n) is 2.41. The van der Waals surface area contributed by atoms with Crippen LogP contribution in [-0.4, -0.2) is 23.2 Å². The Labute approximate surface area is 61.8 Å². The summed E-state index contributed by atoms with van der Waals surface area (Å²) < 4.78 is 0. The molecule has 0 aliphatic rings. The topological polar surface area (TPSA) is 20.2 Å². The lowest BCUT2D eigenvalue weighted by molar-refractivity contribution is 0.137. The van der Waals surface area contributed by atoms with Crippen LogP contribution in [0.25, 0.3) is 0 Å². The average Bonchev–Trinajstić information content (AvgIpc) is 1.87. The highest BCUT2D eigenvalue weighted by Crippen LogP contribution is 2.10. The van der Waals surface area contributed by atoms with Gasteiger partial charge in [-0.05, 0) is 12.2 Å². The first kappa shape index (κ1) is 9.31. The summed E-state index contributed by atoms with van der Waals surface area (Å²) in [7, 11) is 0. The summed E-state index contributed by atoms with van der Waals surface area (Å²) in [5, 5.41) is 9.30. The van der Waals surface area contributed by atoms with Gasteiger partial charge in [0, 0.05) is 5.75 Å². The van der Waals surface area contributed by atoms with E-state index in [2.05, 4.69) is 13.8 Å².